The number of rotatable bonds is 9. The number of nitrogens with zero attached hydrogens (tertiary/aromatic N) is 1. The molecule has 1 saturated heterocycles. The minimum absolute atomic E-state index is 0.115. The van der Waals surface area contributed by atoms with Gasteiger partial charge in [0.15, 0.2) is 0 Å². The van der Waals surface area contributed by atoms with E-state index in [0.717, 1.165) is 12.8 Å². The lowest BCUT2D eigenvalue weighted by Crippen LogP contribution is -2.41. The van der Waals surface area contributed by atoms with Gasteiger partial charge < -0.3 is 15.3 Å². The maximum Gasteiger partial charge on any atom is 0.317 e. The summed E-state index contributed by atoms with van der Waals surface area (Å²) in [6.45, 7) is 3.43. The smallest absolute Gasteiger partial charge is 0.317 e. The number of aliphatic carboxylic acids is 1. The Morgan fingerprint density at radius 1 is 1.29 bits per heavy atom. The van der Waals surface area contributed by atoms with Crippen LogP contribution < -0.4 is 5.32 Å². The molecule has 0 bridgehead atoms. The average Bonchev–Trinajstić information content (AvgIpc) is 2.92. The van der Waals surface area contributed by atoms with Crippen molar-refractivity contribution in [1.29, 1.82) is 0 Å². The van der Waals surface area contributed by atoms with Gasteiger partial charge in [0, 0.05) is 19.6 Å². The van der Waals surface area contributed by atoms with Crippen molar-refractivity contribution in [2.45, 2.75) is 45.4 Å². The molecule has 6 heteroatoms. The first-order chi connectivity index (χ1) is 10.1. The minimum atomic E-state index is -0.783. The molecule has 0 aliphatic carbocycles. The second-order valence-electron chi connectivity index (χ2n) is 5.75. The fourth-order valence-corrected chi connectivity index (χ4v) is 3.19. The van der Waals surface area contributed by atoms with Gasteiger partial charge in [-0.05, 0) is 37.7 Å². The molecule has 1 aliphatic rings. The van der Waals surface area contributed by atoms with Gasteiger partial charge >= 0.3 is 12.0 Å². The van der Waals surface area contributed by atoms with Crippen LogP contribution in [0, 0.1) is 5.41 Å². The third kappa shape index (κ3) is 5.41. The molecule has 1 atom stereocenters. The Labute approximate surface area is 131 Å². The van der Waals surface area contributed by atoms with E-state index in [9.17, 15) is 14.7 Å². The Hall–Kier alpha value is -0.910. The predicted molar refractivity (Wildman–Crippen MR) is 86.8 cm³/mol. The Balaban J connectivity index is 2.20. The van der Waals surface area contributed by atoms with E-state index in [0.29, 0.717) is 32.5 Å². The second kappa shape index (κ2) is 9.18. The van der Waals surface area contributed by atoms with Crippen LogP contribution in [0.1, 0.15) is 45.4 Å². The van der Waals surface area contributed by atoms with E-state index in [1.54, 1.807) is 4.90 Å². The van der Waals surface area contributed by atoms with Crippen LogP contribution in [0.2, 0.25) is 0 Å². The Morgan fingerprint density at radius 3 is 2.57 bits per heavy atom. The third-order valence-corrected chi connectivity index (χ3v) is 5.02. The van der Waals surface area contributed by atoms with Crippen molar-refractivity contribution in [3.05, 3.63) is 0 Å². The first-order valence-electron chi connectivity index (χ1n) is 7.81. The zero-order valence-electron chi connectivity index (χ0n) is 13.2. The van der Waals surface area contributed by atoms with Crippen LogP contribution in [0.25, 0.3) is 0 Å². The lowest BCUT2D eigenvalue weighted by Gasteiger charge is -2.23. The number of carboxylic acid groups (broad SMARTS) is 1. The van der Waals surface area contributed by atoms with Gasteiger partial charge in [-0.15, -0.1) is 0 Å². The first kappa shape index (κ1) is 18.1. The van der Waals surface area contributed by atoms with Crippen LogP contribution in [0.5, 0.6) is 0 Å². The van der Waals surface area contributed by atoms with Gasteiger partial charge in [0.1, 0.15) is 0 Å². The summed E-state index contributed by atoms with van der Waals surface area (Å²) >= 11 is 1.87. The Bertz CT molecular complexity index is 352. The van der Waals surface area contributed by atoms with Gasteiger partial charge in [-0.1, -0.05) is 19.8 Å². The van der Waals surface area contributed by atoms with E-state index >= 15 is 0 Å². The molecule has 0 aromatic heterocycles. The lowest BCUT2D eigenvalue weighted by atomic mass is 9.84. The molecule has 1 aliphatic heterocycles. The van der Waals surface area contributed by atoms with Crippen molar-refractivity contribution in [1.82, 2.24) is 10.2 Å². The number of likely N-dealkylation sites (tertiary alicyclic amines) is 1. The van der Waals surface area contributed by atoms with Gasteiger partial charge in [-0.25, -0.2) is 4.79 Å². The van der Waals surface area contributed by atoms with E-state index < -0.39 is 11.4 Å². The first-order valence-corrected chi connectivity index (χ1v) is 9.20. The SMILES string of the molecule is CCC1(C(=O)O)CCN(C(=O)NCCCCCCSC)C1. The summed E-state index contributed by atoms with van der Waals surface area (Å²) in [5.41, 5.74) is -0.741. The molecule has 2 amide bonds. The van der Waals surface area contributed by atoms with Crippen LogP contribution in [0.15, 0.2) is 0 Å². The van der Waals surface area contributed by atoms with Gasteiger partial charge in [0.25, 0.3) is 0 Å². The van der Waals surface area contributed by atoms with Gasteiger partial charge in [-0.3, -0.25) is 4.79 Å². The largest absolute Gasteiger partial charge is 0.481 e. The molecule has 5 nitrogen and oxygen atoms in total. The fraction of sp³-hybridized carbons (Fsp3) is 0.867. The molecule has 0 saturated carbocycles. The van der Waals surface area contributed by atoms with Crippen molar-refractivity contribution in [3.63, 3.8) is 0 Å². The normalized spacial score (nSPS) is 21.5. The number of amides is 2. The van der Waals surface area contributed by atoms with Gasteiger partial charge in [0.05, 0.1) is 5.41 Å². The second-order valence-corrected chi connectivity index (χ2v) is 6.74. The molecule has 0 radical (unpaired) electrons. The molecule has 21 heavy (non-hydrogen) atoms. The molecule has 1 rings (SSSR count). The van der Waals surface area contributed by atoms with Crippen LogP contribution in [0.4, 0.5) is 4.79 Å². The number of hydrogen-bond acceptors (Lipinski definition) is 3. The average molecular weight is 316 g/mol. The summed E-state index contributed by atoms with van der Waals surface area (Å²) in [6.07, 6.45) is 7.81. The van der Waals surface area contributed by atoms with E-state index in [-0.39, 0.29) is 6.03 Å². The van der Waals surface area contributed by atoms with Crippen molar-refractivity contribution < 1.29 is 14.7 Å². The summed E-state index contributed by atoms with van der Waals surface area (Å²) in [4.78, 5) is 25.0. The monoisotopic (exact) mass is 316 g/mol. The molecule has 1 fully saturated rings. The highest BCUT2D eigenvalue weighted by Crippen LogP contribution is 2.34. The van der Waals surface area contributed by atoms with Crippen LogP contribution in [-0.4, -0.2) is 53.6 Å². The summed E-state index contributed by atoms with van der Waals surface area (Å²) in [7, 11) is 0. The molecule has 0 aromatic rings. The molecule has 2 N–H and O–H groups in total. The Kier molecular flexibility index (Phi) is 7.93. The Morgan fingerprint density at radius 2 is 2.00 bits per heavy atom. The summed E-state index contributed by atoms with van der Waals surface area (Å²) in [5, 5.41) is 12.2. The van der Waals surface area contributed by atoms with Gasteiger partial charge in [0.2, 0.25) is 0 Å². The van der Waals surface area contributed by atoms with Crippen molar-refractivity contribution in [3.8, 4) is 0 Å². The van der Waals surface area contributed by atoms with Crippen LogP contribution in [0.3, 0.4) is 0 Å². The number of hydrogen-bond donors (Lipinski definition) is 2. The molecule has 0 aromatic carbocycles. The zero-order valence-corrected chi connectivity index (χ0v) is 14.0. The number of urea groups is 1. The van der Waals surface area contributed by atoms with Gasteiger partial charge in [-0.2, -0.15) is 11.8 Å². The highest BCUT2D eigenvalue weighted by Gasteiger charge is 2.44. The predicted octanol–water partition coefficient (Wildman–Crippen LogP) is 2.81. The molecule has 1 heterocycles. The van der Waals surface area contributed by atoms with E-state index in [1.165, 1.54) is 18.6 Å². The molecular formula is C15H28N2O3S. The molecule has 122 valence electrons. The zero-order chi connectivity index (χ0) is 15.7. The maximum atomic E-state index is 12.0. The topological polar surface area (TPSA) is 69.6 Å². The maximum absolute atomic E-state index is 12.0. The molecule has 1 unspecified atom stereocenters. The third-order valence-electron chi connectivity index (χ3n) is 4.32. The fourth-order valence-electron chi connectivity index (χ4n) is 2.69. The standard InChI is InChI=1S/C15H28N2O3S/c1-3-15(13(18)19)8-10-17(12-15)14(20)16-9-6-4-5-7-11-21-2/h3-12H2,1-2H3,(H,16,20)(H,18,19). The lowest BCUT2D eigenvalue weighted by molar-refractivity contribution is -0.148. The van der Waals surface area contributed by atoms with Crippen LogP contribution >= 0.6 is 11.8 Å². The van der Waals surface area contributed by atoms with E-state index in [1.807, 2.05) is 18.7 Å². The molecular weight excluding hydrogens is 288 g/mol. The number of carbonyl (C=O) groups excluding carboxylic acids is 1. The quantitative estimate of drug-likeness (QED) is 0.642. The molecule has 0 spiro atoms. The number of unbranched alkanes of at least 4 members (excludes halogenated alkanes) is 3. The number of carbonyl (C=O) groups is 2. The number of nitrogens with one attached hydrogen (secondary N) is 1. The highest BCUT2D eigenvalue weighted by atomic mass is 32.2. The van der Waals surface area contributed by atoms with E-state index in [4.69, 9.17) is 0 Å². The van der Waals surface area contributed by atoms with Crippen molar-refractivity contribution in [2.24, 2.45) is 5.41 Å². The van der Waals surface area contributed by atoms with E-state index in [2.05, 4.69) is 11.6 Å². The number of thioether (sulfide) groups is 1. The van der Waals surface area contributed by atoms with Crippen molar-refractivity contribution >= 4 is 23.8 Å². The highest BCUT2D eigenvalue weighted by molar-refractivity contribution is 7.98. The number of carboxylic acids is 1. The van der Waals surface area contributed by atoms with Crippen molar-refractivity contribution in [2.75, 3.05) is 31.6 Å². The summed E-state index contributed by atoms with van der Waals surface area (Å²) in [5.74, 6) is 0.420. The van der Waals surface area contributed by atoms with Crippen LogP contribution in [-0.2, 0) is 4.79 Å². The summed E-state index contributed by atoms with van der Waals surface area (Å²) in [6, 6.07) is -0.115. The minimum Gasteiger partial charge on any atom is -0.481 e. The summed E-state index contributed by atoms with van der Waals surface area (Å²) < 4.78 is 0.